The molecule has 8 heteroatoms. The molecule has 1 heterocycles. The number of ether oxygens (including phenoxy) is 2. The highest BCUT2D eigenvalue weighted by molar-refractivity contribution is 7.89. The van der Waals surface area contributed by atoms with E-state index in [2.05, 4.69) is 10.0 Å². The van der Waals surface area contributed by atoms with Crippen molar-refractivity contribution in [3.63, 3.8) is 0 Å². The first kappa shape index (κ1) is 17.2. The lowest BCUT2D eigenvalue weighted by Gasteiger charge is -2.19. The Morgan fingerprint density at radius 2 is 1.72 bits per heavy atom. The smallest absolute Gasteiger partial charge is 0.240 e. The van der Waals surface area contributed by atoms with Crippen LogP contribution in [0.15, 0.2) is 47.4 Å². The monoisotopic (exact) mass is 362 g/mol. The van der Waals surface area contributed by atoms with Crippen LogP contribution in [0.2, 0.25) is 0 Å². The highest BCUT2D eigenvalue weighted by atomic mass is 32.2. The zero-order valence-corrected chi connectivity index (χ0v) is 14.4. The molecule has 1 aliphatic heterocycles. The van der Waals surface area contributed by atoms with Crippen molar-refractivity contribution in [1.82, 2.24) is 4.72 Å². The zero-order chi connectivity index (χ0) is 17.9. The van der Waals surface area contributed by atoms with Crippen molar-refractivity contribution >= 4 is 21.6 Å². The van der Waals surface area contributed by atoms with Gasteiger partial charge in [0, 0.05) is 19.2 Å². The Balaban J connectivity index is 1.68. The van der Waals surface area contributed by atoms with Crippen molar-refractivity contribution in [1.29, 1.82) is 0 Å². The molecule has 0 unspecified atom stereocenters. The number of sulfonamides is 1. The largest absolute Gasteiger partial charge is 0.486 e. The molecule has 1 amide bonds. The molecule has 0 radical (unpaired) electrons. The van der Waals surface area contributed by atoms with Crippen LogP contribution in [0.4, 0.5) is 5.69 Å². The van der Waals surface area contributed by atoms with Crippen LogP contribution < -0.4 is 19.5 Å². The Morgan fingerprint density at radius 1 is 1.04 bits per heavy atom. The fraction of sp³-hybridized carbons (Fsp3) is 0.235. The van der Waals surface area contributed by atoms with Gasteiger partial charge in [0.1, 0.15) is 13.2 Å². The molecule has 7 nitrogen and oxygen atoms in total. The number of nitrogens with one attached hydrogen (secondary N) is 2. The molecule has 2 aromatic carbocycles. The lowest BCUT2D eigenvalue weighted by atomic mass is 10.2. The minimum absolute atomic E-state index is 0.124. The van der Waals surface area contributed by atoms with Gasteiger partial charge in [-0.3, -0.25) is 4.79 Å². The summed E-state index contributed by atoms with van der Waals surface area (Å²) >= 11 is 0. The molecule has 0 aromatic heterocycles. The average molecular weight is 362 g/mol. The van der Waals surface area contributed by atoms with Gasteiger partial charge in [-0.2, -0.15) is 0 Å². The fourth-order valence-corrected chi connectivity index (χ4v) is 3.40. The van der Waals surface area contributed by atoms with E-state index in [-0.39, 0.29) is 17.3 Å². The fourth-order valence-electron chi connectivity index (χ4n) is 2.38. The van der Waals surface area contributed by atoms with Crippen LogP contribution >= 0.6 is 0 Å². The summed E-state index contributed by atoms with van der Waals surface area (Å²) in [6.45, 7) is 2.50. The minimum atomic E-state index is -3.66. The van der Waals surface area contributed by atoms with E-state index in [0.717, 1.165) is 5.56 Å². The van der Waals surface area contributed by atoms with Crippen LogP contribution in [0.5, 0.6) is 11.5 Å². The first-order valence-corrected chi connectivity index (χ1v) is 9.18. The molecular weight excluding hydrogens is 344 g/mol. The number of carbonyl (C=O) groups is 1. The number of benzene rings is 2. The van der Waals surface area contributed by atoms with Crippen molar-refractivity contribution in [3.8, 4) is 11.5 Å². The van der Waals surface area contributed by atoms with E-state index in [1.54, 1.807) is 30.3 Å². The zero-order valence-electron chi connectivity index (χ0n) is 13.6. The molecule has 1 aliphatic rings. The van der Waals surface area contributed by atoms with Gasteiger partial charge >= 0.3 is 0 Å². The van der Waals surface area contributed by atoms with Gasteiger partial charge in [0.15, 0.2) is 11.5 Å². The van der Waals surface area contributed by atoms with Gasteiger partial charge in [-0.1, -0.05) is 6.07 Å². The van der Waals surface area contributed by atoms with Crippen LogP contribution in [-0.2, 0) is 21.4 Å². The molecule has 2 N–H and O–H groups in total. The van der Waals surface area contributed by atoms with E-state index in [9.17, 15) is 13.2 Å². The normalized spacial score (nSPS) is 13.3. The minimum Gasteiger partial charge on any atom is -0.486 e. The second-order valence-electron chi connectivity index (χ2n) is 5.51. The van der Waals surface area contributed by atoms with E-state index in [1.165, 1.54) is 19.1 Å². The van der Waals surface area contributed by atoms with Crippen molar-refractivity contribution in [2.45, 2.75) is 18.4 Å². The standard InChI is InChI=1S/C17H18N2O5S/c1-12(20)19-14-3-5-15(6-4-14)25(21,22)18-11-13-2-7-16-17(10-13)24-9-8-23-16/h2-7,10,18H,8-9,11H2,1H3,(H,19,20). The molecule has 0 saturated heterocycles. The van der Waals surface area contributed by atoms with Gasteiger partial charge in [0.05, 0.1) is 4.90 Å². The number of amides is 1. The van der Waals surface area contributed by atoms with Crippen LogP contribution in [-0.4, -0.2) is 27.5 Å². The second kappa shape index (κ2) is 7.12. The van der Waals surface area contributed by atoms with Crippen LogP contribution in [0.25, 0.3) is 0 Å². The van der Waals surface area contributed by atoms with Gasteiger partial charge in [-0.05, 0) is 42.0 Å². The maximum atomic E-state index is 12.4. The lowest BCUT2D eigenvalue weighted by molar-refractivity contribution is -0.114. The lowest BCUT2D eigenvalue weighted by Crippen LogP contribution is -2.23. The van der Waals surface area contributed by atoms with Crippen molar-refractivity contribution < 1.29 is 22.7 Å². The topological polar surface area (TPSA) is 93.7 Å². The average Bonchev–Trinajstić information content (AvgIpc) is 2.60. The van der Waals surface area contributed by atoms with Gasteiger partial charge < -0.3 is 14.8 Å². The first-order chi connectivity index (χ1) is 11.9. The number of anilines is 1. The molecule has 132 valence electrons. The molecule has 0 atom stereocenters. The summed E-state index contributed by atoms with van der Waals surface area (Å²) in [5.74, 6) is 1.06. The number of fused-ring (bicyclic) bond motifs is 1. The number of carbonyl (C=O) groups excluding carboxylic acids is 1. The SMILES string of the molecule is CC(=O)Nc1ccc(S(=O)(=O)NCc2ccc3c(c2)OCCO3)cc1. The summed E-state index contributed by atoms with van der Waals surface area (Å²) in [6, 6.07) is 11.3. The third-order valence-corrected chi connectivity index (χ3v) is 4.98. The van der Waals surface area contributed by atoms with Crippen molar-refractivity contribution in [2.75, 3.05) is 18.5 Å². The molecule has 0 saturated carbocycles. The summed E-state index contributed by atoms with van der Waals surface area (Å²) in [7, 11) is -3.66. The number of hydrogen-bond acceptors (Lipinski definition) is 5. The second-order valence-corrected chi connectivity index (χ2v) is 7.28. The quantitative estimate of drug-likeness (QED) is 0.847. The molecular formula is C17H18N2O5S. The molecule has 2 aromatic rings. The number of rotatable bonds is 5. The van der Waals surface area contributed by atoms with E-state index in [1.807, 2.05) is 0 Å². The Labute approximate surface area is 146 Å². The van der Waals surface area contributed by atoms with Crippen molar-refractivity contribution in [2.24, 2.45) is 0 Å². The molecule has 3 rings (SSSR count). The maximum Gasteiger partial charge on any atom is 0.240 e. The number of hydrogen-bond donors (Lipinski definition) is 2. The Kier molecular flexibility index (Phi) is 4.91. The van der Waals surface area contributed by atoms with Gasteiger partial charge in [-0.15, -0.1) is 0 Å². The van der Waals surface area contributed by atoms with Gasteiger partial charge in [0.25, 0.3) is 0 Å². The van der Waals surface area contributed by atoms with Gasteiger partial charge in [-0.25, -0.2) is 13.1 Å². The van der Waals surface area contributed by atoms with Gasteiger partial charge in [0.2, 0.25) is 15.9 Å². The molecule has 0 aliphatic carbocycles. The predicted octanol–water partition coefficient (Wildman–Crippen LogP) is 1.89. The Morgan fingerprint density at radius 3 is 2.40 bits per heavy atom. The van der Waals surface area contributed by atoms with Crippen molar-refractivity contribution in [3.05, 3.63) is 48.0 Å². The van der Waals surface area contributed by atoms with E-state index in [4.69, 9.17) is 9.47 Å². The predicted molar refractivity (Wildman–Crippen MR) is 92.2 cm³/mol. The van der Waals surface area contributed by atoms with Crippen LogP contribution in [0, 0.1) is 0 Å². The molecule has 0 spiro atoms. The van der Waals surface area contributed by atoms with E-state index >= 15 is 0 Å². The first-order valence-electron chi connectivity index (χ1n) is 7.70. The molecule has 0 bridgehead atoms. The van der Waals surface area contributed by atoms with E-state index < -0.39 is 10.0 Å². The highest BCUT2D eigenvalue weighted by Crippen LogP contribution is 2.30. The highest BCUT2D eigenvalue weighted by Gasteiger charge is 2.16. The van der Waals surface area contributed by atoms with Crippen LogP contribution in [0.3, 0.4) is 0 Å². The third-order valence-electron chi connectivity index (χ3n) is 3.56. The van der Waals surface area contributed by atoms with E-state index in [0.29, 0.717) is 30.4 Å². The molecule has 25 heavy (non-hydrogen) atoms. The summed E-state index contributed by atoms with van der Waals surface area (Å²) < 4.78 is 38.2. The maximum absolute atomic E-state index is 12.4. The van der Waals surface area contributed by atoms with Crippen LogP contribution in [0.1, 0.15) is 12.5 Å². The summed E-state index contributed by atoms with van der Waals surface area (Å²) in [5.41, 5.74) is 1.31. The molecule has 0 fully saturated rings. The summed E-state index contributed by atoms with van der Waals surface area (Å²) in [5, 5.41) is 2.59. The third kappa shape index (κ3) is 4.28. The Bertz CT molecular complexity index is 878. The summed E-state index contributed by atoms with van der Waals surface area (Å²) in [4.78, 5) is 11.1. The summed E-state index contributed by atoms with van der Waals surface area (Å²) in [6.07, 6.45) is 0. The Hall–Kier alpha value is -2.58.